The summed E-state index contributed by atoms with van der Waals surface area (Å²) in [5, 5.41) is 11.7. The van der Waals surface area contributed by atoms with Crippen LogP contribution in [0.3, 0.4) is 0 Å². The number of aliphatic hydroxyl groups is 1. The largest absolute Gasteiger partial charge is 0.395 e. The third-order valence-electron chi connectivity index (χ3n) is 5.67. The van der Waals surface area contributed by atoms with Gasteiger partial charge in [-0.05, 0) is 80.1 Å². The van der Waals surface area contributed by atoms with Crippen molar-refractivity contribution >= 4 is 11.6 Å². The summed E-state index contributed by atoms with van der Waals surface area (Å²) in [5.41, 5.74) is 3.65. The average Bonchev–Trinajstić information content (AvgIpc) is 2.76. The van der Waals surface area contributed by atoms with Crippen molar-refractivity contribution in [3.05, 3.63) is 65.0 Å². The maximum atomic E-state index is 13.2. The first-order valence-corrected chi connectivity index (χ1v) is 11.0. The highest BCUT2D eigenvalue weighted by Gasteiger charge is 2.21. The molecule has 1 aliphatic heterocycles. The molecule has 0 saturated carbocycles. The fourth-order valence-corrected chi connectivity index (χ4v) is 4.02. The topological polar surface area (TPSA) is 52.6 Å². The van der Waals surface area contributed by atoms with Crippen molar-refractivity contribution in [2.24, 2.45) is 5.92 Å². The summed E-state index contributed by atoms with van der Waals surface area (Å²) in [4.78, 5) is 14.8. The number of carbonyl (C=O) groups excluding carboxylic acids is 1. The Hall–Kier alpha value is -2.68. The smallest absolute Gasteiger partial charge is 0.224 e. The van der Waals surface area contributed by atoms with Crippen LogP contribution in [0.2, 0.25) is 0 Å². The number of benzene rings is 2. The molecule has 1 amide bonds. The lowest BCUT2D eigenvalue weighted by molar-refractivity contribution is -0.116. The minimum Gasteiger partial charge on any atom is -0.395 e. The predicted molar refractivity (Wildman–Crippen MR) is 122 cm³/mol. The number of halogens is 1. The highest BCUT2D eigenvalue weighted by Crippen LogP contribution is 2.23. The van der Waals surface area contributed by atoms with Crippen LogP contribution in [-0.4, -0.2) is 35.6 Å². The molecule has 3 rings (SSSR count). The molecule has 2 N–H and O–H groups in total. The van der Waals surface area contributed by atoms with E-state index >= 15 is 0 Å². The van der Waals surface area contributed by atoms with Gasteiger partial charge in [-0.15, -0.1) is 0 Å². The molecule has 4 nitrogen and oxygen atoms in total. The quantitative estimate of drug-likeness (QED) is 0.646. The van der Waals surface area contributed by atoms with E-state index in [1.807, 2.05) is 12.1 Å². The van der Waals surface area contributed by atoms with Crippen LogP contribution in [0.4, 0.5) is 10.1 Å². The van der Waals surface area contributed by atoms with E-state index in [1.165, 1.54) is 17.7 Å². The van der Waals surface area contributed by atoms with Crippen LogP contribution in [-0.2, 0) is 11.3 Å². The SMILES string of the molecule is Cc1cc(F)ccc1NC(=O)CCC1CCCN(Cc2ccc(C#CCCO)cc2)C1. The molecule has 0 radical (unpaired) electrons. The number of hydrogen-bond acceptors (Lipinski definition) is 3. The normalized spacial score (nSPS) is 16.4. The van der Waals surface area contributed by atoms with E-state index in [2.05, 4.69) is 34.2 Å². The van der Waals surface area contributed by atoms with Crippen LogP contribution < -0.4 is 5.32 Å². The van der Waals surface area contributed by atoms with Crippen molar-refractivity contribution in [2.75, 3.05) is 25.0 Å². The first kappa shape index (κ1) is 23.0. The zero-order valence-electron chi connectivity index (χ0n) is 18.2. The Balaban J connectivity index is 1.45. The Morgan fingerprint density at radius 3 is 2.81 bits per heavy atom. The lowest BCUT2D eigenvalue weighted by atomic mass is 9.93. The zero-order valence-corrected chi connectivity index (χ0v) is 18.2. The summed E-state index contributed by atoms with van der Waals surface area (Å²) in [6.07, 6.45) is 4.14. The van der Waals surface area contributed by atoms with Gasteiger partial charge < -0.3 is 10.4 Å². The molecule has 0 aliphatic carbocycles. The van der Waals surface area contributed by atoms with Crippen molar-refractivity contribution in [3.63, 3.8) is 0 Å². The van der Waals surface area contributed by atoms with Gasteiger partial charge in [0.15, 0.2) is 0 Å². The molecule has 5 heteroatoms. The molecule has 2 aromatic rings. The summed E-state index contributed by atoms with van der Waals surface area (Å²) in [7, 11) is 0. The minimum atomic E-state index is -0.290. The number of aryl methyl sites for hydroxylation is 1. The summed E-state index contributed by atoms with van der Waals surface area (Å²) >= 11 is 0. The summed E-state index contributed by atoms with van der Waals surface area (Å²) in [5.74, 6) is 6.21. The number of nitrogens with one attached hydrogen (secondary N) is 1. The lowest BCUT2D eigenvalue weighted by Crippen LogP contribution is -2.35. The van der Waals surface area contributed by atoms with E-state index in [0.717, 1.165) is 50.0 Å². The number of likely N-dealkylation sites (tertiary alicyclic amines) is 1. The van der Waals surface area contributed by atoms with E-state index in [1.54, 1.807) is 13.0 Å². The molecule has 2 aromatic carbocycles. The first-order chi connectivity index (χ1) is 15.0. The molecule has 0 aromatic heterocycles. The second-order valence-corrected chi connectivity index (χ2v) is 8.26. The molecule has 31 heavy (non-hydrogen) atoms. The van der Waals surface area contributed by atoms with E-state index in [-0.39, 0.29) is 18.3 Å². The fourth-order valence-electron chi connectivity index (χ4n) is 4.02. The number of nitrogens with zero attached hydrogens (tertiary/aromatic N) is 1. The maximum absolute atomic E-state index is 13.2. The first-order valence-electron chi connectivity index (χ1n) is 11.0. The maximum Gasteiger partial charge on any atom is 0.224 e. The van der Waals surface area contributed by atoms with Crippen molar-refractivity contribution in [2.45, 2.75) is 45.6 Å². The van der Waals surface area contributed by atoms with Gasteiger partial charge in [0.2, 0.25) is 5.91 Å². The van der Waals surface area contributed by atoms with Gasteiger partial charge in [-0.25, -0.2) is 4.39 Å². The number of aliphatic hydroxyl groups excluding tert-OH is 1. The number of amides is 1. The van der Waals surface area contributed by atoms with Crippen molar-refractivity contribution < 1.29 is 14.3 Å². The number of hydrogen-bond donors (Lipinski definition) is 2. The van der Waals surface area contributed by atoms with Crippen molar-refractivity contribution in [1.82, 2.24) is 4.90 Å². The Kier molecular flexibility index (Phi) is 8.63. The van der Waals surface area contributed by atoms with Gasteiger partial charge in [-0.1, -0.05) is 24.0 Å². The number of piperidine rings is 1. The van der Waals surface area contributed by atoms with Crippen LogP contribution >= 0.6 is 0 Å². The highest BCUT2D eigenvalue weighted by atomic mass is 19.1. The van der Waals surface area contributed by atoms with Crippen molar-refractivity contribution in [1.29, 1.82) is 0 Å². The van der Waals surface area contributed by atoms with Gasteiger partial charge in [0.1, 0.15) is 5.82 Å². The van der Waals surface area contributed by atoms with Crippen LogP contribution in [0.5, 0.6) is 0 Å². The lowest BCUT2D eigenvalue weighted by Gasteiger charge is -2.32. The van der Waals surface area contributed by atoms with Crippen LogP contribution in [0.15, 0.2) is 42.5 Å². The average molecular weight is 423 g/mol. The Bertz CT molecular complexity index is 931. The van der Waals surface area contributed by atoms with Crippen LogP contribution in [0, 0.1) is 30.5 Å². The fraction of sp³-hybridized carbons (Fsp3) is 0.423. The van der Waals surface area contributed by atoms with Gasteiger partial charge in [-0.2, -0.15) is 0 Å². The summed E-state index contributed by atoms with van der Waals surface area (Å²) in [6.45, 7) is 4.87. The molecule has 1 aliphatic rings. The Labute approximate surface area is 184 Å². The van der Waals surface area contributed by atoms with E-state index in [4.69, 9.17) is 5.11 Å². The summed E-state index contributed by atoms with van der Waals surface area (Å²) < 4.78 is 13.2. The van der Waals surface area contributed by atoms with Gasteiger partial charge >= 0.3 is 0 Å². The third-order valence-corrected chi connectivity index (χ3v) is 5.67. The molecule has 1 saturated heterocycles. The summed E-state index contributed by atoms with van der Waals surface area (Å²) in [6, 6.07) is 12.7. The van der Waals surface area contributed by atoms with Crippen molar-refractivity contribution in [3.8, 4) is 11.8 Å². The van der Waals surface area contributed by atoms with Crippen LogP contribution in [0.1, 0.15) is 48.8 Å². The van der Waals surface area contributed by atoms with E-state index in [0.29, 0.717) is 24.4 Å². The minimum absolute atomic E-state index is 0.00951. The molecule has 1 heterocycles. The molecule has 1 fully saturated rings. The van der Waals surface area contributed by atoms with Gasteiger partial charge in [0, 0.05) is 37.2 Å². The number of anilines is 1. The molecule has 164 valence electrons. The Morgan fingerprint density at radius 2 is 2.06 bits per heavy atom. The second kappa shape index (κ2) is 11.6. The predicted octanol–water partition coefficient (Wildman–Crippen LogP) is 4.50. The number of rotatable bonds is 7. The standard InChI is InChI=1S/C26H31FN2O2/c1-20-17-24(27)12-13-25(20)28-26(31)14-11-22-6-4-15-29(18-22)19-23-9-7-21(8-10-23)5-2-3-16-30/h7-10,12-13,17,22,30H,3-4,6,11,14-16,18-19H2,1H3,(H,28,31). The van der Waals surface area contributed by atoms with Crippen LogP contribution in [0.25, 0.3) is 0 Å². The molecule has 0 spiro atoms. The third kappa shape index (κ3) is 7.50. The van der Waals surface area contributed by atoms with Gasteiger partial charge in [0.05, 0.1) is 6.61 Å². The molecule has 1 unspecified atom stereocenters. The highest BCUT2D eigenvalue weighted by molar-refractivity contribution is 5.91. The number of carbonyl (C=O) groups is 1. The second-order valence-electron chi connectivity index (χ2n) is 8.26. The molecular formula is C26H31FN2O2. The van der Waals surface area contributed by atoms with E-state index in [9.17, 15) is 9.18 Å². The van der Waals surface area contributed by atoms with E-state index < -0.39 is 0 Å². The van der Waals surface area contributed by atoms with Gasteiger partial charge in [0.25, 0.3) is 0 Å². The zero-order chi connectivity index (χ0) is 22.1. The van der Waals surface area contributed by atoms with Gasteiger partial charge in [-0.3, -0.25) is 9.69 Å². The molecule has 0 bridgehead atoms. The molecular weight excluding hydrogens is 391 g/mol. The Morgan fingerprint density at radius 1 is 1.26 bits per heavy atom. The monoisotopic (exact) mass is 422 g/mol. The molecule has 1 atom stereocenters.